The quantitative estimate of drug-likeness (QED) is 0.194. The van der Waals surface area contributed by atoms with Crippen LogP contribution in [0.4, 0.5) is 0 Å². The van der Waals surface area contributed by atoms with Gasteiger partial charge in [0.05, 0.1) is 27.9 Å². The molecule has 1 aliphatic rings. The lowest BCUT2D eigenvalue weighted by Gasteiger charge is -2.21. The van der Waals surface area contributed by atoms with E-state index in [2.05, 4.69) is 181 Å². The number of fused-ring (bicyclic) bond motifs is 8. The Labute approximate surface area is 284 Å². The van der Waals surface area contributed by atoms with E-state index in [1.165, 1.54) is 38.7 Å². The molecule has 0 saturated carbocycles. The molecule has 3 heterocycles. The van der Waals surface area contributed by atoms with Crippen LogP contribution in [0.1, 0.15) is 25.0 Å². The van der Waals surface area contributed by atoms with Gasteiger partial charge in [-0.05, 0) is 58.7 Å². The third kappa shape index (κ3) is 4.04. The van der Waals surface area contributed by atoms with E-state index in [1.54, 1.807) is 0 Å². The first kappa shape index (κ1) is 27.8. The SMILES string of the molecule is CC1(C)c2ccccc2-c2c1c1ccc3c(ccn3-c3ccccc3)c1n2-c1nc(-c2ccccc2)c2cc(-c3ccccc3)ccc2n1. The molecule has 0 N–H and O–H groups in total. The molecule has 6 aromatic carbocycles. The van der Waals surface area contributed by atoms with Gasteiger partial charge in [0.25, 0.3) is 0 Å². The summed E-state index contributed by atoms with van der Waals surface area (Å²) in [4.78, 5) is 10.9. The number of hydrogen-bond acceptors (Lipinski definition) is 2. The lowest BCUT2D eigenvalue weighted by Crippen LogP contribution is -2.14. The fraction of sp³-hybridized carbons (Fsp3) is 0.0667. The summed E-state index contributed by atoms with van der Waals surface area (Å²) < 4.78 is 4.63. The Morgan fingerprint density at radius 1 is 0.551 bits per heavy atom. The maximum Gasteiger partial charge on any atom is 0.235 e. The predicted molar refractivity (Wildman–Crippen MR) is 202 cm³/mol. The van der Waals surface area contributed by atoms with Crippen molar-refractivity contribution >= 4 is 32.7 Å². The molecule has 0 unspecified atom stereocenters. The van der Waals surface area contributed by atoms with Crippen LogP contribution in [0.15, 0.2) is 158 Å². The Morgan fingerprint density at radius 3 is 2.02 bits per heavy atom. The predicted octanol–water partition coefficient (Wildman–Crippen LogP) is 11.2. The molecule has 4 heteroatoms. The Hall–Kier alpha value is -6.26. The number of hydrogen-bond donors (Lipinski definition) is 0. The highest BCUT2D eigenvalue weighted by atomic mass is 15.2. The second-order valence-corrected chi connectivity index (χ2v) is 13.5. The molecule has 0 spiro atoms. The molecular weight excluding hydrogens is 597 g/mol. The van der Waals surface area contributed by atoms with Gasteiger partial charge >= 0.3 is 0 Å². The lowest BCUT2D eigenvalue weighted by molar-refractivity contribution is 0.666. The van der Waals surface area contributed by atoms with Gasteiger partial charge in [0, 0.05) is 44.6 Å². The van der Waals surface area contributed by atoms with Crippen LogP contribution in [0.2, 0.25) is 0 Å². The van der Waals surface area contributed by atoms with Crippen LogP contribution in [0.3, 0.4) is 0 Å². The van der Waals surface area contributed by atoms with Crippen LogP contribution >= 0.6 is 0 Å². The summed E-state index contributed by atoms with van der Waals surface area (Å²) in [6.45, 7) is 4.70. The van der Waals surface area contributed by atoms with Gasteiger partial charge in [-0.15, -0.1) is 0 Å². The van der Waals surface area contributed by atoms with Gasteiger partial charge in [0.15, 0.2) is 0 Å². The summed E-state index contributed by atoms with van der Waals surface area (Å²) in [5.74, 6) is 0.678. The summed E-state index contributed by atoms with van der Waals surface area (Å²) in [5.41, 5.74) is 13.5. The van der Waals surface area contributed by atoms with Gasteiger partial charge in [0.2, 0.25) is 5.95 Å². The minimum Gasteiger partial charge on any atom is -0.316 e. The maximum atomic E-state index is 5.51. The van der Waals surface area contributed by atoms with E-state index >= 15 is 0 Å². The standard InChI is InChI=1S/C45H32N4/c1-45(2)37-21-13-12-20-33(37)43-40(45)35-23-25-39-34(26-27-48(39)32-18-10-5-11-19-32)42(35)49(43)44-46-38-24-22-31(29-14-6-3-7-15-29)28-36(38)41(47-44)30-16-8-4-9-17-30/h3-28H,1-2H3. The number of aromatic nitrogens is 4. The third-order valence-corrected chi connectivity index (χ3v) is 10.4. The molecule has 0 saturated heterocycles. The molecule has 0 bridgehead atoms. The van der Waals surface area contributed by atoms with Crippen LogP contribution in [0.5, 0.6) is 0 Å². The van der Waals surface area contributed by atoms with E-state index in [1.807, 2.05) is 0 Å². The monoisotopic (exact) mass is 628 g/mol. The molecular formula is C45H32N4. The lowest BCUT2D eigenvalue weighted by atomic mass is 9.81. The van der Waals surface area contributed by atoms with Crippen molar-refractivity contribution in [1.29, 1.82) is 0 Å². The number of para-hydroxylation sites is 1. The Kier molecular flexibility index (Phi) is 5.89. The van der Waals surface area contributed by atoms with Gasteiger partial charge < -0.3 is 4.57 Å². The fourth-order valence-electron chi connectivity index (χ4n) is 8.11. The van der Waals surface area contributed by atoms with Crippen molar-refractivity contribution in [3.8, 4) is 45.3 Å². The summed E-state index contributed by atoms with van der Waals surface area (Å²) in [6.07, 6.45) is 2.18. The highest BCUT2D eigenvalue weighted by Crippen LogP contribution is 2.54. The molecule has 0 amide bonds. The molecule has 49 heavy (non-hydrogen) atoms. The Bertz CT molecular complexity index is 2720. The first-order valence-corrected chi connectivity index (χ1v) is 16.9. The molecule has 0 aliphatic heterocycles. The van der Waals surface area contributed by atoms with Gasteiger partial charge in [-0.2, -0.15) is 0 Å². The highest BCUT2D eigenvalue weighted by Gasteiger charge is 2.41. The van der Waals surface area contributed by atoms with Gasteiger partial charge in [-0.3, -0.25) is 4.57 Å². The fourth-order valence-corrected chi connectivity index (χ4v) is 8.11. The van der Waals surface area contributed by atoms with Crippen LogP contribution in [0, 0.1) is 0 Å². The minimum atomic E-state index is -0.200. The molecule has 0 fully saturated rings. The van der Waals surface area contributed by atoms with Gasteiger partial charge in [-0.25, -0.2) is 9.97 Å². The normalized spacial score (nSPS) is 13.3. The first-order valence-electron chi connectivity index (χ1n) is 16.9. The van der Waals surface area contributed by atoms with Crippen molar-refractivity contribution in [2.24, 2.45) is 0 Å². The van der Waals surface area contributed by atoms with Gasteiger partial charge in [0.1, 0.15) is 0 Å². The van der Waals surface area contributed by atoms with E-state index in [4.69, 9.17) is 9.97 Å². The molecule has 10 rings (SSSR count). The minimum absolute atomic E-state index is 0.200. The van der Waals surface area contributed by atoms with E-state index < -0.39 is 0 Å². The topological polar surface area (TPSA) is 35.6 Å². The average Bonchev–Trinajstić information content (AvgIpc) is 3.81. The van der Waals surface area contributed by atoms with E-state index in [-0.39, 0.29) is 5.41 Å². The molecule has 1 aliphatic carbocycles. The van der Waals surface area contributed by atoms with E-state index in [0.717, 1.165) is 44.4 Å². The van der Waals surface area contributed by atoms with Crippen molar-refractivity contribution in [2.75, 3.05) is 0 Å². The van der Waals surface area contributed by atoms with Crippen molar-refractivity contribution in [2.45, 2.75) is 19.3 Å². The van der Waals surface area contributed by atoms with E-state index in [0.29, 0.717) is 5.95 Å². The third-order valence-electron chi connectivity index (χ3n) is 10.4. The smallest absolute Gasteiger partial charge is 0.235 e. The van der Waals surface area contributed by atoms with Crippen LogP contribution < -0.4 is 0 Å². The number of benzene rings is 6. The van der Waals surface area contributed by atoms with Crippen LogP contribution in [-0.2, 0) is 5.41 Å². The van der Waals surface area contributed by atoms with Crippen LogP contribution in [0.25, 0.3) is 78.0 Å². The van der Waals surface area contributed by atoms with E-state index in [9.17, 15) is 0 Å². The largest absolute Gasteiger partial charge is 0.316 e. The summed E-state index contributed by atoms with van der Waals surface area (Å²) in [6, 6.07) is 53.9. The van der Waals surface area contributed by atoms with Crippen molar-refractivity contribution in [3.05, 3.63) is 169 Å². The van der Waals surface area contributed by atoms with Crippen molar-refractivity contribution in [1.82, 2.24) is 19.1 Å². The maximum absolute atomic E-state index is 5.51. The van der Waals surface area contributed by atoms with Gasteiger partial charge in [-0.1, -0.05) is 129 Å². The Balaban J connectivity index is 1.33. The Morgan fingerprint density at radius 2 is 1.24 bits per heavy atom. The second-order valence-electron chi connectivity index (χ2n) is 13.5. The molecule has 3 aromatic heterocycles. The first-order chi connectivity index (χ1) is 24.1. The summed E-state index contributed by atoms with van der Waals surface area (Å²) in [5, 5.41) is 3.44. The molecule has 9 aromatic rings. The number of nitrogens with zero attached hydrogens (tertiary/aromatic N) is 4. The van der Waals surface area contributed by atoms with Crippen molar-refractivity contribution in [3.63, 3.8) is 0 Å². The molecule has 4 nitrogen and oxygen atoms in total. The molecule has 0 atom stereocenters. The zero-order valence-corrected chi connectivity index (χ0v) is 27.3. The second kappa shape index (κ2) is 10.4. The summed E-state index contributed by atoms with van der Waals surface area (Å²) in [7, 11) is 0. The molecule has 232 valence electrons. The van der Waals surface area contributed by atoms with Crippen molar-refractivity contribution < 1.29 is 0 Å². The zero-order chi connectivity index (χ0) is 32.7. The summed E-state index contributed by atoms with van der Waals surface area (Å²) >= 11 is 0. The molecule has 0 radical (unpaired) electrons. The average molecular weight is 629 g/mol. The number of rotatable bonds is 4. The van der Waals surface area contributed by atoms with Crippen LogP contribution in [-0.4, -0.2) is 19.1 Å². The highest BCUT2D eigenvalue weighted by molar-refractivity contribution is 6.12. The zero-order valence-electron chi connectivity index (χ0n) is 27.3.